The Bertz CT molecular complexity index is 859. The van der Waals surface area contributed by atoms with Crippen LogP contribution in [0.5, 0.6) is 0 Å². The molecule has 100 valence electrons. The quantitative estimate of drug-likeness (QED) is 0.654. The number of nitrogens with one attached hydrogen (secondary N) is 1. The Hall–Kier alpha value is -1.83. The molecule has 20 heavy (non-hydrogen) atoms. The fraction of sp³-hybridized carbons (Fsp3) is 0. The summed E-state index contributed by atoms with van der Waals surface area (Å²) in [5.74, 6) is -2.06. The van der Waals surface area contributed by atoms with Crippen molar-refractivity contribution < 1.29 is 8.78 Å². The average Bonchev–Trinajstić information content (AvgIpc) is 2.43. The van der Waals surface area contributed by atoms with Gasteiger partial charge in [-0.05, 0) is 46.9 Å². The third-order valence-corrected chi connectivity index (χ3v) is 3.67. The lowest BCUT2D eigenvalue weighted by atomic mass is 10.0. The van der Waals surface area contributed by atoms with E-state index in [1.165, 1.54) is 0 Å². The molecule has 0 saturated carbocycles. The maximum absolute atomic E-state index is 13.4. The van der Waals surface area contributed by atoms with Gasteiger partial charge in [-0.15, -0.1) is 0 Å². The third-order valence-electron chi connectivity index (χ3n) is 2.95. The van der Waals surface area contributed by atoms with Crippen molar-refractivity contribution in [1.29, 1.82) is 0 Å². The highest BCUT2D eigenvalue weighted by molar-refractivity contribution is 14.1. The fourth-order valence-corrected chi connectivity index (χ4v) is 2.35. The third kappa shape index (κ3) is 2.20. The Morgan fingerprint density at radius 2 is 1.60 bits per heavy atom. The van der Waals surface area contributed by atoms with Gasteiger partial charge in [-0.2, -0.15) is 5.10 Å². The van der Waals surface area contributed by atoms with Crippen LogP contribution >= 0.6 is 22.6 Å². The minimum atomic E-state index is -1.05. The molecular formula is C14H7F2IN2O. The van der Waals surface area contributed by atoms with E-state index in [2.05, 4.69) is 32.8 Å². The predicted molar refractivity (Wildman–Crippen MR) is 80.4 cm³/mol. The lowest BCUT2D eigenvalue weighted by molar-refractivity contribution is 0.511. The van der Waals surface area contributed by atoms with Crippen LogP contribution in [0.3, 0.4) is 0 Å². The number of fused-ring (bicyclic) bond motifs is 1. The Morgan fingerprint density at radius 3 is 2.25 bits per heavy atom. The number of benzene rings is 2. The van der Waals surface area contributed by atoms with Crippen LogP contribution in [-0.4, -0.2) is 10.2 Å². The van der Waals surface area contributed by atoms with E-state index < -0.39 is 17.2 Å². The summed E-state index contributed by atoms with van der Waals surface area (Å²) in [6.45, 7) is 0. The minimum absolute atomic E-state index is 0.0763. The molecule has 0 radical (unpaired) electrons. The van der Waals surface area contributed by atoms with E-state index >= 15 is 0 Å². The molecule has 0 fully saturated rings. The van der Waals surface area contributed by atoms with Crippen molar-refractivity contribution in [2.45, 2.75) is 0 Å². The summed E-state index contributed by atoms with van der Waals surface area (Å²) in [4.78, 5) is 11.7. The first kappa shape index (κ1) is 13.2. The molecule has 0 amide bonds. The highest BCUT2D eigenvalue weighted by atomic mass is 127. The Balaban J connectivity index is 2.37. The van der Waals surface area contributed by atoms with E-state index in [1.807, 2.05) is 24.3 Å². The van der Waals surface area contributed by atoms with Crippen molar-refractivity contribution in [1.82, 2.24) is 10.2 Å². The molecule has 0 bridgehead atoms. The summed E-state index contributed by atoms with van der Waals surface area (Å²) >= 11 is 2.16. The van der Waals surface area contributed by atoms with Crippen LogP contribution in [0.2, 0.25) is 0 Å². The molecule has 1 heterocycles. The molecule has 2 aromatic carbocycles. The van der Waals surface area contributed by atoms with E-state index in [9.17, 15) is 13.6 Å². The van der Waals surface area contributed by atoms with Gasteiger partial charge in [0.25, 0.3) is 5.56 Å². The highest BCUT2D eigenvalue weighted by Gasteiger charge is 2.12. The highest BCUT2D eigenvalue weighted by Crippen LogP contribution is 2.26. The van der Waals surface area contributed by atoms with Gasteiger partial charge >= 0.3 is 0 Å². The van der Waals surface area contributed by atoms with Crippen LogP contribution in [0.15, 0.2) is 41.2 Å². The minimum Gasteiger partial charge on any atom is -0.267 e. The van der Waals surface area contributed by atoms with Crippen LogP contribution in [-0.2, 0) is 0 Å². The summed E-state index contributed by atoms with van der Waals surface area (Å²) in [6.07, 6.45) is 0. The number of aromatic amines is 1. The predicted octanol–water partition coefficient (Wildman–Crippen LogP) is 3.47. The largest absolute Gasteiger partial charge is 0.272 e. The topological polar surface area (TPSA) is 45.8 Å². The molecule has 6 heteroatoms. The molecule has 3 aromatic rings. The van der Waals surface area contributed by atoms with Gasteiger partial charge in [0.2, 0.25) is 0 Å². The fourth-order valence-electron chi connectivity index (χ4n) is 1.99. The van der Waals surface area contributed by atoms with Crippen molar-refractivity contribution in [3.63, 3.8) is 0 Å². The molecule has 3 nitrogen and oxygen atoms in total. The second-order valence-corrected chi connectivity index (χ2v) is 5.47. The van der Waals surface area contributed by atoms with Gasteiger partial charge in [0.15, 0.2) is 11.6 Å². The van der Waals surface area contributed by atoms with Gasteiger partial charge in [0.1, 0.15) is 0 Å². The van der Waals surface area contributed by atoms with Gasteiger partial charge in [0.05, 0.1) is 11.1 Å². The zero-order chi connectivity index (χ0) is 14.3. The first-order valence-corrected chi connectivity index (χ1v) is 6.77. The Labute approximate surface area is 125 Å². The van der Waals surface area contributed by atoms with Gasteiger partial charge in [-0.25, -0.2) is 13.9 Å². The average molecular weight is 384 g/mol. The number of hydrogen-bond acceptors (Lipinski definition) is 2. The van der Waals surface area contributed by atoms with E-state index in [0.717, 1.165) is 21.3 Å². The molecule has 3 rings (SSSR count). The smallest absolute Gasteiger partial charge is 0.267 e. The number of nitrogens with zero attached hydrogens (tertiary/aromatic N) is 1. The van der Waals surface area contributed by atoms with Crippen molar-refractivity contribution >= 4 is 33.4 Å². The Kier molecular flexibility index (Phi) is 3.25. The van der Waals surface area contributed by atoms with E-state index in [4.69, 9.17) is 0 Å². The maximum atomic E-state index is 13.4. The zero-order valence-electron chi connectivity index (χ0n) is 9.95. The summed E-state index contributed by atoms with van der Waals surface area (Å²) < 4.78 is 27.7. The van der Waals surface area contributed by atoms with Crippen LogP contribution in [0.25, 0.3) is 22.0 Å². The lowest BCUT2D eigenvalue weighted by Gasteiger charge is -2.06. The summed E-state index contributed by atoms with van der Waals surface area (Å²) in [7, 11) is 0. The Morgan fingerprint density at radius 1 is 1.00 bits per heavy atom. The second kappa shape index (κ2) is 4.93. The van der Waals surface area contributed by atoms with Crippen molar-refractivity contribution in [2.75, 3.05) is 0 Å². The number of H-pyrrole nitrogens is 1. The number of aromatic nitrogens is 2. The molecule has 0 aliphatic carbocycles. The van der Waals surface area contributed by atoms with Crippen molar-refractivity contribution in [2.24, 2.45) is 0 Å². The van der Waals surface area contributed by atoms with Crippen LogP contribution in [0, 0.1) is 15.2 Å². The van der Waals surface area contributed by atoms with Crippen LogP contribution < -0.4 is 5.56 Å². The van der Waals surface area contributed by atoms with E-state index in [1.54, 1.807) is 0 Å². The van der Waals surface area contributed by atoms with Crippen molar-refractivity contribution in [3.05, 3.63) is 62.0 Å². The molecule has 0 aliphatic rings. The lowest BCUT2D eigenvalue weighted by Crippen LogP contribution is -2.10. The monoisotopic (exact) mass is 384 g/mol. The van der Waals surface area contributed by atoms with Crippen LogP contribution in [0.4, 0.5) is 8.78 Å². The first-order chi connectivity index (χ1) is 9.56. The molecule has 1 N–H and O–H groups in total. The standard InChI is InChI=1S/C14H7F2IN2O/c15-11-5-9-10(6-12(11)16)14(20)19-18-13(9)7-1-3-8(17)4-2-7/h1-6H,(H,19,20). The molecule has 0 spiro atoms. The number of halogens is 3. The second-order valence-electron chi connectivity index (χ2n) is 4.22. The zero-order valence-corrected chi connectivity index (χ0v) is 12.1. The van der Waals surface area contributed by atoms with E-state index in [0.29, 0.717) is 5.69 Å². The van der Waals surface area contributed by atoms with Gasteiger partial charge in [0, 0.05) is 14.5 Å². The molecule has 0 unspecified atom stereocenters. The van der Waals surface area contributed by atoms with E-state index in [-0.39, 0.29) is 10.8 Å². The number of hydrogen-bond donors (Lipinski definition) is 1. The van der Waals surface area contributed by atoms with Crippen molar-refractivity contribution in [3.8, 4) is 11.3 Å². The maximum Gasteiger partial charge on any atom is 0.272 e. The molecular weight excluding hydrogens is 377 g/mol. The first-order valence-electron chi connectivity index (χ1n) is 5.69. The molecule has 0 aliphatic heterocycles. The van der Waals surface area contributed by atoms with Gasteiger partial charge in [-0.1, -0.05) is 12.1 Å². The SMILES string of the molecule is O=c1[nH]nc(-c2ccc(I)cc2)c2cc(F)c(F)cc12. The molecule has 0 saturated heterocycles. The molecule has 1 aromatic heterocycles. The molecule has 0 atom stereocenters. The normalized spacial score (nSPS) is 10.9. The summed E-state index contributed by atoms with van der Waals surface area (Å²) in [5.41, 5.74) is 0.584. The number of rotatable bonds is 1. The van der Waals surface area contributed by atoms with Gasteiger partial charge < -0.3 is 0 Å². The summed E-state index contributed by atoms with van der Waals surface area (Å²) in [6, 6.07) is 9.25. The van der Waals surface area contributed by atoms with Crippen LogP contribution in [0.1, 0.15) is 0 Å². The van der Waals surface area contributed by atoms with Gasteiger partial charge in [-0.3, -0.25) is 4.79 Å². The summed E-state index contributed by atoms with van der Waals surface area (Å²) in [5, 5.41) is 6.62.